The van der Waals surface area contributed by atoms with Crippen LogP contribution < -0.4 is 5.32 Å². The van der Waals surface area contributed by atoms with Gasteiger partial charge in [-0.3, -0.25) is 4.68 Å². The summed E-state index contributed by atoms with van der Waals surface area (Å²) < 4.78 is 6.89. The fourth-order valence-corrected chi connectivity index (χ4v) is 2.02. The minimum absolute atomic E-state index is 0.722. The average Bonchev–Trinajstić information content (AvgIpc) is 2.77. The van der Waals surface area contributed by atoms with Gasteiger partial charge in [0.2, 0.25) is 0 Å². The Hall–Kier alpha value is -1.65. The van der Waals surface area contributed by atoms with E-state index in [1.54, 1.807) is 7.11 Å². The molecule has 0 amide bonds. The van der Waals surface area contributed by atoms with E-state index in [1.165, 1.54) is 11.1 Å². The predicted molar refractivity (Wildman–Crippen MR) is 77.0 cm³/mol. The van der Waals surface area contributed by atoms with E-state index >= 15 is 0 Å². The Morgan fingerprint density at radius 2 is 2.00 bits per heavy atom. The predicted octanol–water partition coefficient (Wildman–Crippen LogP) is 2.13. The summed E-state index contributed by atoms with van der Waals surface area (Å²) in [6.45, 7) is 4.47. The fourth-order valence-electron chi connectivity index (χ4n) is 2.02. The molecule has 0 aliphatic rings. The van der Waals surface area contributed by atoms with Crippen LogP contribution in [0.1, 0.15) is 11.1 Å². The molecule has 0 aliphatic carbocycles. The molecular weight excluding hydrogens is 238 g/mol. The molecule has 0 bridgehead atoms. The van der Waals surface area contributed by atoms with Gasteiger partial charge in [-0.25, -0.2) is 0 Å². The summed E-state index contributed by atoms with van der Waals surface area (Å²) in [7, 11) is 3.67. The standard InChI is InChI=1S/C15H21N3O/c1-12-4-6-13(7-5-12)15-14(11-18(2)17-15)10-16-8-9-19-3/h4-7,11,16H,8-10H2,1-3H3. The van der Waals surface area contributed by atoms with Crippen LogP contribution in [0.25, 0.3) is 11.3 Å². The molecular formula is C15H21N3O. The van der Waals surface area contributed by atoms with Gasteiger partial charge in [0.15, 0.2) is 0 Å². The van der Waals surface area contributed by atoms with Crippen LogP contribution in [0.2, 0.25) is 0 Å². The highest BCUT2D eigenvalue weighted by atomic mass is 16.5. The number of nitrogens with one attached hydrogen (secondary N) is 1. The van der Waals surface area contributed by atoms with E-state index in [0.717, 1.165) is 31.0 Å². The molecule has 4 heteroatoms. The van der Waals surface area contributed by atoms with Gasteiger partial charge in [-0.1, -0.05) is 29.8 Å². The summed E-state index contributed by atoms with van der Waals surface area (Å²) >= 11 is 0. The van der Waals surface area contributed by atoms with E-state index in [1.807, 2.05) is 11.7 Å². The molecule has 0 atom stereocenters. The molecule has 4 nitrogen and oxygen atoms in total. The van der Waals surface area contributed by atoms with Crippen LogP contribution in [-0.2, 0) is 18.3 Å². The fraction of sp³-hybridized carbons (Fsp3) is 0.400. The highest BCUT2D eigenvalue weighted by Crippen LogP contribution is 2.22. The molecule has 0 saturated heterocycles. The zero-order valence-electron chi connectivity index (χ0n) is 11.8. The van der Waals surface area contributed by atoms with Crippen molar-refractivity contribution >= 4 is 0 Å². The third-order valence-electron chi connectivity index (χ3n) is 3.03. The first-order valence-corrected chi connectivity index (χ1v) is 6.50. The van der Waals surface area contributed by atoms with Crippen LogP contribution in [0.3, 0.4) is 0 Å². The van der Waals surface area contributed by atoms with Crippen LogP contribution in [0.4, 0.5) is 0 Å². The molecule has 0 fully saturated rings. The van der Waals surface area contributed by atoms with Crippen LogP contribution in [0.15, 0.2) is 30.5 Å². The second-order valence-electron chi connectivity index (χ2n) is 4.71. The third kappa shape index (κ3) is 3.66. The van der Waals surface area contributed by atoms with E-state index in [2.05, 4.69) is 47.8 Å². The Kier molecular flexibility index (Phi) is 4.71. The molecule has 0 radical (unpaired) electrons. The molecule has 2 rings (SSSR count). The maximum Gasteiger partial charge on any atom is 0.0967 e. The quantitative estimate of drug-likeness (QED) is 0.808. The van der Waals surface area contributed by atoms with Gasteiger partial charge in [-0.15, -0.1) is 0 Å². The molecule has 1 heterocycles. The molecule has 19 heavy (non-hydrogen) atoms. The van der Waals surface area contributed by atoms with Crippen LogP contribution in [0.5, 0.6) is 0 Å². The first-order valence-electron chi connectivity index (χ1n) is 6.50. The number of hydrogen-bond acceptors (Lipinski definition) is 3. The van der Waals surface area contributed by atoms with E-state index in [0.29, 0.717) is 0 Å². The Morgan fingerprint density at radius 3 is 2.68 bits per heavy atom. The normalized spacial score (nSPS) is 10.9. The van der Waals surface area contributed by atoms with E-state index in [4.69, 9.17) is 4.74 Å². The zero-order valence-corrected chi connectivity index (χ0v) is 11.8. The maximum atomic E-state index is 5.03. The monoisotopic (exact) mass is 259 g/mol. The lowest BCUT2D eigenvalue weighted by molar-refractivity contribution is 0.199. The lowest BCUT2D eigenvalue weighted by Gasteiger charge is -2.05. The Balaban J connectivity index is 2.13. The van der Waals surface area contributed by atoms with E-state index < -0.39 is 0 Å². The number of aromatic nitrogens is 2. The van der Waals surface area contributed by atoms with Gasteiger partial charge in [0, 0.05) is 44.6 Å². The summed E-state index contributed by atoms with van der Waals surface area (Å²) in [5.74, 6) is 0. The summed E-state index contributed by atoms with van der Waals surface area (Å²) in [5, 5.41) is 7.91. The number of rotatable bonds is 6. The third-order valence-corrected chi connectivity index (χ3v) is 3.03. The molecule has 0 aliphatic heterocycles. The number of benzene rings is 1. The van der Waals surface area contributed by atoms with Crippen molar-refractivity contribution in [3.8, 4) is 11.3 Å². The highest BCUT2D eigenvalue weighted by molar-refractivity contribution is 5.62. The molecule has 2 aromatic rings. The molecule has 0 saturated carbocycles. The van der Waals surface area contributed by atoms with Crippen molar-refractivity contribution in [1.82, 2.24) is 15.1 Å². The van der Waals surface area contributed by atoms with Gasteiger partial charge in [0.05, 0.1) is 12.3 Å². The van der Waals surface area contributed by atoms with Crippen molar-refractivity contribution in [3.05, 3.63) is 41.6 Å². The summed E-state index contributed by atoms with van der Waals surface area (Å²) in [6.07, 6.45) is 2.06. The number of methoxy groups -OCH3 is 1. The maximum absolute atomic E-state index is 5.03. The summed E-state index contributed by atoms with van der Waals surface area (Å²) in [6, 6.07) is 8.48. The van der Waals surface area contributed by atoms with Crippen molar-refractivity contribution in [1.29, 1.82) is 0 Å². The average molecular weight is 259 g/mol. The Bertz CT molecular complexity index is 517. The molecule has 1 aromatic carbocycles. The van der Waals surface area contributed by atoms with Crippen molar-refractivity contribution in [3.63, 3.8) is 0 Å². The van der Waals surface area contributed by atoms with Crippen LogP contribution in [-0.4, -0.2) is 30.0 Å². The van der Waals surface area contributed by atoms with Crippen molar-refractivity contribution < 1.29 is 4.74 Å². The molecule has 0 spiro atoms. The van der Waals surface area contributed by atoms with Crippen molar-refractivity contribution in [2.45, 2.75) is 13.5 Å². The molecule has 102 valence electrons. The van der Waals surface area contributed by atoms with Gasteiger partial charge >= 0.3 is 0 Å². The number of ether oxygens (including phenoxy) is 1. The van der Waals surface area contributed by atoms with Gasteiger partial charge in [-0.05, 0) is 6.92 Å². The van der Waals surface area contributed by atoms with E-state index in [-0.39, 0.29) is 0 Å². The largest absolute Gasteiger partial charge is 0.383 e. The topological polar surface area (TPSA) is 39.1 Å². The van der Waals surface area contributed by atoms with E-state index in [9.17, 15) is 0 Å². The lowest BCUT2D eigenvalue weighted by Crippen LogP contribution is -2.18. The first-order chi connectivity index (χ1) is 9.20. The van der Waals surface area contributed by atoms with Crippen LogP contribution >= 0.6 is 0 Å². The second kappa shape index (κ2) is 6.50. The SMILES string of the molecule is COCCNCc1cn(C)nc1-c1ccc(C)cc1. The van der Waals surface area contributed by atoms with Crippen molar-refractivity contribution in [2.24, 2.45) is 7.05 Å². The minimum atomic E-state index is 0.722. The Morgan fingerprint density at radius 1 is 1.26 bits per heavy atom. The Labute approximate surface area is 114 Å². The zero-order chi connectivity index (χ0) is 13.7. The number of hydrogen-bond donors (Lipinski definition) is 1. The van der Waals surface area contributed by atoms with Gasteiger partial charge in [0.1, 0.15) is 0 Å². The molecule has 1 N–H and O–H groups in total. The van der Waals surface area contributed by atoms with Gasteiger partial charge < -0.3 is 10.1 Å². The van der Waals surface area contributed by atoms with Gasteiger partial charge in [0.25, 0.3) is 0 Å². The van der Waals surface area contributed by atoms with Gasteiger partial charge in [-0.2, -0.15) is 5.10 Å². The van der Waals surface area contributed by atoms with Crippen LogP contribution in [0, 0.1) is 6.92 Å². The molecule has 1 aromatic heterocycles. The second-order valence-corrected chi connectivity index (χ2v) is 4.71. The van der Waals surface area contributed by atoms with Crippen molar-refractivity contribution in [2.75, 3.05) is 20.3 Å². The highest BCUT2D eigenvalue weighted by Gasteiger charge is 2.09. The molecule has 0 unspecified atom stereocenters. The number of aryl methyl sites for hydroxylation is 2. The lowest BCUT2D eigenvalue weighted by atomic mass is 10.1. The minimum Gasteiger partial charge on any atom is -0.383 e. The summed E-state index contributed by atoms with van der Waals surface area (Å²) in [4.78, 5) is 0. The first kappa shape index (κ1) is 13.8. The smallest absolute Gasteiger partial charge is 0.0967 e. The summed E-state index contributed by atoms with van der Waals surface area (Å²) in [5.41, 5.74) is 4.68. The number of nitrogens with zero attached hydrogens (tertiary/aromatic N) is 2.